The van der Waals surface area contributed by atoms with Crippen LogP contribution in [0.4, 0.5) is 20.4 Å². The Kier molecular flexibility index (Phi) is 5.77. The number of anilines is 2. The fraction of sp³-hybridized carbons (Fsp3) is 0.375. The first-order valence-corrected chi connectivity index (χ1v) is 11.5. The summed E-state index contributed by atoms with van der Waals surface area (Å²) in [7, 11) is 0. The molecule has 5 rings (SSSR count). The number of hydrogen-bond acceptors (Lipinski definition) is 5. The van der Waals surface area contributed by atoms with Crippen molar-refractivity contribution in [2.45, 2.75) is 38.8 Å². The van der Waals surface area contributed by atoms with E-state index in [1.54, 1.807) is 18.2 Å². The van der Waals surface area contributed by atoms with Gasteiger partial charge in [-0.1, -0.05) is 23.7 Å². The second-order valence-corrected chi connectivity index (χ2v) is 9.58. The van der Waals surface area contributed by atoms with Gasteiger partial charge in [-0.2, -0.15) is 5.10 Å². The highest BCUT2D eigenvalue weighted by molar-refractivity contribution is 6.30. The number of fused-ring (bicyclic) bond motifs is 4. The summed E-state index contributed by atoms with van der Waals surface area (Å²) in [5.41, 5.74) is 0.255. The number of nitrogens with one attached hydrogen (secondary N) is 1. The van der Waals surface area contributed by atoms with Crippen LogP contribution in [0.2, 0.25) is 5.02 Å². The second kappa shape index (κ2) is 8.63. The molecule has 3 aromatic rings. The average Bonchev–Trinajstić information content (AvgIpc) is 3.24. The van der Waals surface area contributed by atoms with Gasteiger partial charge in [0.05, 0.1) is 16.1 Å². The highest BCUT2D eigenvalue weighted by Crippen LogP contribution is 2.42. The Hall–Kier alpha value is -3.04. The summed E-state index contributed by atoms with van der Waals surface area (Å²) in [4.78, 5) is 21.0. The van der Waals surface area contributed by atoms with Crippen molar-refractivity contribution in [2.24, 2.45) is 5.41 Å². The van der Waals surface area contributed by atoms with E-state index in [1.807, 2.05) is 17.9 Å². The molecule has 1 fully saturated rings. The maximum Gasteiger partial charge on any atom is 0.310 e. The predicted molar refractivity (Wildman–Crippen MR) is 123 cm³/mol. The first-order chi connectivity index (χ1) is 16.3. The fourth-order valence-corrected chi connectivity index (χ4v) is 5.25. The standard InChI is InChI=1S/C24H24ClF2N5O2/c1-14-9-21(30-29-14)32-13-16-10-24(23(33)34,11-19-18(26)5-6-20(32)28-19)7-8-31(16)12-15-3-2-4-17(25)22(15)27/h2-6,9,16H,7-8,10-13H2,1H3,(H,29,30)(H,33,34). The first-order valence-electron chi connectivity index (χ1n) is 11.1. The van der Waals surface area contributed by atoms with Crippen molar-refractivity contribution >= 4 is 29.2 Å². The molecule has 0 amide bonds. The normalized spacial score (nSPS) is 22.7. The van der Waals surface area contributed by atoms with Gasteiger partial charge in [0.1, 0.15) is 17.5 Å². The molecule has 2 atom stereocenters. The second-order valence-electron chi connectivity index (χ2n) is 9.17. The SMILES string of the molecule is Cc1cc(N2CC3CC(C(=O)O)(CCN3Cc3cccc(Cl)c3F)Cc3nc2ccc3F)n[nH]1. The summed E-state index contributed by atoms with van der Waals surface area (Å²) in [6.45, 7) is 2.92. The van der Waals surface area contributed by atoms with Crippen LogP contribution >= 0.6 is 11.6 Å². The number of piperidine rings is 1. The molecule has 10 heteroatoms. The van der Waals surface area contributed by atoms with Crippen LogP contribution in [0.25, 0.3) is 0 Å². The van der Waals surface area contributed by atoms with Gasteiger partial charge < -0.3 is 10.0 Å². The van der Waals surface area contributed by atoms with Crippen LogP contribution in [0.1, 0.15) is 29.8 Å². The zero-order valence-corrected chi connectivity index (χ0v) is 19.3. The molecule has 4 heterocycles. The van der Waals surface area contributed by atoms with Gasteiger partial charge in [0.15, 0.2) is 5.82 Å². The van der Waals surface area contributed by atoms with Crippen molar-refractivity contribution in [2.75, 3.05) is 18.0 Å². The molecule has 2 aliphatic heterocycles. The van der Waals surface area contributed by atoms with E-state index in [-0.39, 0.29) is 36.1 Å². The van der Waals surface area contributed by atoms with E-state index >= 15 is 0 Å². The maximum atomic E-state index is 14.7. The van der Waals surface area contributed by atoms with Gasteiger partial charge in [-0.05, 0) is 44.5 Å². The number of likely N-dealkylation sites (tertiary alicyclic amines) is 1. The summed E-state index contributed by atoms with van der Waals surface area (Å²) in [6, 6.07) is 9.37. The molecule has 178 valence electrons. The summed E-state index contributed by atoms with van der Waals surface area (Å²) in [5, 5.41) is 17.6. The minimum Gasteiger partial charge on any atom is -0.481 e. The molecule has 0 aliphatic carbocycles. The van der Waals surface area contributed by atoms with Crippen LogP contribution in [0.5, 0.6) is 0 Å². The van der Waals surface area contributed by atoms with Gasteiger partial charge >= 0.3 is 5.97 Å². The fourth-order valence-electron chi connectivity index (χ4n) is 5.06. The maximum absolute atomic E-state index is 14.7. The number of carboxylic acid groups (broad SMARTS) is 1. The average molecular weight is 488 g/mol. The molecule has 2 N–H and O–H groups in total. The molecule has 0 radical (unpaired) electrons. The molecular weight excluding hydrogens is 464 g/mol. The van der Waals surface area contributed by atoms with E-state index in [1.165, 1.54) is 12.1 Å². The lowest BCUT2D eigenvalue weighted by molar-refractivity contribution is -0.153. The van der Waals surface area contributed by atoms with Gasteiger partial charge in [0.2, 0.25) is 0 Å². The van der Waals surface area contributed by atoms with Gasteiger partial charge in [0.25, 0.3) is 0 Å². The summed E-state index contributed by atoms with van der Waals surface area (Å²) < 4.78 is 29.4. The third-order valence-corrected chi connectivity index (χ3v) is 7.22. The van der Waals surface area contributed by atoms with E-state index in [0.717, 1.165) is 5.69 Å². The van der Waals surface area contributed by atoms with Crippen LogP contribution in [-0.2, 0) is 17.8 Å². The van der Waals surface area contributed by atoms with Crippen LogP contribution in [0.15, 0.2) is 36.4 Å². The predicted octanol–water partition coefficient (Wildman–Crippen LogP) is 4.47. The molecule has 2 unspecified atom stereocenters. The number of aliphatic carboxylic acids is 1. The van der Waals surface area contributed by atoms with Crippen LogP contribution < -0.4 is 4.90 Å². The van der Waals surface area contributed by atoms with Crippen molar-refractivity contribution < 1.29 is 18.7 Å². The minimum absolute atomic E-state index is 0.00862. The van der Waals surface area contributed by atoms with Crippen LogP contribution in [-0.4, -0.2) is 50.3 Å². The Labute approximate surface area is 200 Å². The topological polar surface area (TPSA) is 85.3 Å². The van der Waals surface area contributed by atoms with Crippen LogP contribution in [0.3, 0.4) is 0 Å². The van der Waals surface area contributed by atoms with Gasteiger partial charge in [-0.3, -0.25) is 14.8 Å². The largest absolute Gasteiger partial charge is 0.481 e. The molecule has 0 saturated carbocycles. The van der Waals surface area contributed by atoms with Crippen molar-refractivity contribution in [3.63, 3.8) is 0 Å². The number of aromatic amines is 1. The van der Waals surface area contributed by atoms with Crippen molar-refractivity contribution in [1.29, 1.82) is 0 Å². The number of nitrogens with zero attached hydrogens (tertiary/aromatic N) is 4. The van der Waals surface area contributed by atoms with E-state index < -0.39 is 23.0 Å². The third kappa shape index (κ3) is 4.03. The molecular formula is C24H24ClF2N5O2. The smallest absolute Gasteiger partial charge is 0.310 e. The Bertz CT molecular complexity index is 1250. The van der Waals surface area contributed by atoms with Crippen molar-refractivity contribution in [1.82, 2.24) is 20.1 Å². The lowest BCUT2D eigenvalue weighted by Gasteiger charge is -2.45. The first kappa shape index (κ1) is 22.7. The molecule has 34 heavy (non-hydrogen) atoms. The Morgan fingerprint density at radius 3 is 2.85 bits per heavy atom. The number of carboxylic acids is 1. The number of benzene rings is 1. The van der Waals surface area contributed by atoms with Crippen molar-refractivity contribution in [3.8, 4) is 0 Å². The van der Waals surface area contributed by atoms with Gasteiger partial charge in [-0.15, -0.1) is 0 Å². The summed E-state index contributed by atoms with van der Waals surface area (Å²) in [5.74, 6) is -0.877. The lowest BCUT2D eigenvalue weighted by Crippen LogP contribution is -2.53. The number of carbonyl (C=O) groups is 1. The van der Waals surface area contributed by atoms with Gasteiger partial charge in [-0.25, -0.2) is 13.8 Å². The van der Waals surface area contributed by atoms with E-state index in [2.05, 4.69) is 20.1 Å². The van der Waals surface area contributed by atoms with Gasteiger partial charge in [0, 0.05) is 42.9 Å². The zero-order chi connectivity index (χ0) is 24.0. The van der Waals surface area contributed by atoms with Crippen LogP contribution in [0, 0.1) is 24.0 Å². The number of halogens is 3. The number of aryl methyl sites for hydroxylation is 1. The van der Waals surface area contributed by atoms with E-state index in [0.29, 0.717) is 36.7 Å². The Morgan fingerprint density at radius 1 is 1.29 bits per heavy atom. The number of pyridine rings is 1. The molecule has 1 saturated heterocycles. The van der Waals surface area contributed by atoms with E-state index in [4.69, 9.17) is 11.6 Å². The molecule has 0 spiro atoms. The van der Waals surface area contributed by atoms with Crippen molar-refractivity contribution in [3.05, 3.63) is 70.0 Å². The number of aromatic nitrogens is 3. The molecule has 2 aromatic heterocycles. The number of rotatable bonds is 4. The number of H-pyrrole nitrogens is 1. The Morgan fingerprint density at radius 2 is 2.12 bits per heavy atom. The highest BCUT2D eigenvalue weighted by Gasteiger charge is 2.47. The molecule has 1 aromatic carbocycles. The number of hydrogen-bond donors (Lipinski definition) is 2. The molecule has 7 nitrogen and oxygen atoms in total. The monoisotopic (exact) mass is 487 g/mol. The molecule has 2 aliphatic rings. The summed E-state index contributed by atoms with van der Waals surface area (Å²) in [6.07, 6.45) is 0.559. The van der Waals surface area contributed by atoms with E-state index in [9.17, 15) is 18.7 Å². The lowest BCUT2D eigenvalue weighted by atomic mass is 9.71. The zero-order valence-electron chi connectivity index (χ0n) is 18.6. The minimum atomic E-state index is -1.17. The molecule has 4 bridgehead atoms. The quantitative estimate of drug-likeness (QED) is 0.564. The summed E-state index contributed by atoms with van der Waals surface area (Å²) >= 11 is 5.99. The highest BCUT2D eigenvalue weighted by atomic mass is 35.5. The Balaban J connectivity index is 1.58. The third-order valence-electron chi connectivity index (χ3n) is 6.93.